The topological polar surface area (TPSA) is 0 Å². The van der Waals surface area contributed by atoms with E-state index in [9.17, 15) is 35.1 Å². The maximum Gasteiger partial charge on any atom is 0.351 e. The van der Waals surface area contributed by atoms with Crippen molar-refractivity contribution in [1.82, 2.24) is 0 Å². The molecule has 0 aliphatic carbocycles. The highest BCUT2D eigenvalue weighted by atomic mass is 19.3. The number of alkyl halides is 8. The van der Waals surface area contributed by atoms with E-state index in [1.807, 2.05) is 0 Å². The van der Waals surface area contributed by atoms with Gasteiger partial charge in [0.2, 0.25) is 0 Å². The monoisotopic (exact) mass is 244 g/mol. The molecule has 8 heteroatoms. The van der Waals surface area contributed by atoms with Gasteiger partial charge in [-0.3, -0.25) is 0 Å². The molecular weight excluding hydrogens is 236 g/mol. The maximum absolute atomic E-state index is 12.9. The molecule has 0 N–H and O–H groups in total. The van der Waals surface area contributed by atoms with Gasteiger partial charge >= 0.3 is 11.8 Å². The molecule has 1 atom stereocenters. The highest BCUT2D eigenvalue weighted by molar-refractivity contribution is 5.07. The lowest BCUT2D eigenvalue weighted by molar-refractivity contribution is -0.316. The van der Waals surface area contributed by atoms with Crippen LogP contribution in [0, 0.1) is 0 Å². The summed E-state index contributed by atoms with van der Waals surface area (Å²) in [5, 5.41) is 0. The van der Waals surface area contributed by atoms with Crippen molar-refractivity contribution >= 4 is 0 Å². The number of hydrogen-bond donors (Lipinski definition) is 0. The van der Waals surface area contributed by atoms with Gasteiger partial charge in [0.1, 0.15) is 6.67 Å². The normalized spacial score (nSPS) is 18.8. The average molecular weight is 244 g/mol. The van der Waals surface area contributed by atoms with Gasteiger partial charge in [0.05, 0.1) is 0 Å². The van der Waals surface area contributed by atoms with Gasteiger partial charge in [-0.15, -0.1) is 0 Å². The van der Waals surface area contributed by atoms with Crippen molar-refractivity contribution in [3.8, 4) is 0 Å². The first-order valence-corrected chi connectivity index (χ1v) is 3.69. The molecule has 92 valence electrons. The van der Waals surface area contributed by atoms with Gasteiger partial charge in [0.25, 0.3) is 11.6 Å². The minimum Gasteiger partial charge on any atom is -0.247 e. The second kappa shape index (κ2) is 3.48. The summed E-state index contributed by atoms with van der Waals surface area (Å²) in [7, 11) is 0. The van der Waals surface area contributed by atoms with E-state index in [0.29, 0.717) is 0 Å². The van der Waals surface area contributed by atoms with E-state index >= 15 is 0 Å². The molecule has 0 aliphatic rings. The van der Waals surface area contributed by atoms with Gasteiger partial charge < -0.3 is 0 Å². The molecule has 0 nitrogen and oxygen atoms in total. The fraction of sp³-hybridized carbons (Fsp3) is 1.00. The van der Waals surface area contributed by atoms with Crippen molar-refractivity contribution in [1.29, 1.82) is 0 Å². The van der Waals surface area contributed by atoms with Gasteiger partial charge in [0, 0.05) is 13.8 Å². The largest absolute Gasteiger partial charge is 0.351 e. The Labute approximate surface area is 80.3 Å². The van der Waals surface area contributed by atoms with E-state index in [0.717, 1.165) is 0 Å². The molecule has 0 spiro atoms. The van der Waals surface area contributed by atoms with Crippen LogP contribution in [0.15, 0.2) is 0 Å². The van der Waals surface area contributed by atoms with Crippen molar-refractivity contribution < 1.29 is 35.1 Å². The Bertz CT molecular complexity index is 224. The van der Waals surface area contributed by atoms with Crippen LogP contribution in [0.1, 0.15) is 13.8 Å². The summed E-state index contributed by atoms with van der Waals surface area (Å²) in [5.74, 6) is -15.8. The van der Waals surface area contributed by atoms with E-state index in [1.54, 1.807) is 0 Å². The lowest BCUT2D eigenvalue weighted by Gasteiger charge is -2.37. The second-order valence-electron chi connectivity index (χ2n) is 3.29. The smallest absolute Gasteiger partial charge is 0.247 e. The summed E-state index contributed by atoms with van der Waals surface area (Å²) in [4.78, 5) is 0. The highest BCUT2D eigenvalue weighted by Crippen LogP contribution is 2.51. The van der Waals surface area contributed by atoms with E-state index < -0.39 is 37.0 Å². The maximum atomic E-state index is 12.9. The van der Waals surface area contributed by atoms with E-state index in [2.05, 4.69) is 0 Å². The van der Waals surface area contributed by atoms with Crippen LogP contribution >= 0.6 is 0 Å². The first-order chi connectivity index (χ1) is 6.31. The Morgan fingerprint density at radius 3 is 1.13 bits per heavy atom. The third-order valence-corrected chi connectivity index (χ3v) is 1.93. The molecule has 0 radical (unpaired) electrons. The fourth-order valence-corrected chi connectivity index (χ4v) is 0.825. The summed E-state index contributed by atoms with van der Waals surface area (Å²) >= 11 is 0. The average Bonchev–Trinajstić information content (AvgIpc) is 1.98. The number of halogens is 8. The molecule has 0 amide bonds. The summed E-state index contributed by atoms with van der Waals surface area (Å²) in [6, 6.07) is 0. The molecular formula is C7H8F8. The molecule has 1 unspecified atom stereocenters. The number of rotatable bonds is 4. The Balaban J connectivity index is 5.50. The number of hydrogen-bond acceptors (Lipinski definition) is 0. The van der Waals surface area contributed by atoms with E-state index in [-0.39, 0.29) is 6.92 Å². The summed E-state index contributed by atoms with van der Waals surface area (Å²) < 4.78 is 99.3. The van der Waals surface area contributed by atoms with Crippen LogP contribution in [-0.4, -0.2) is 30.1 Å². The van der Waals surface area contributed by atoms with Crippen LogP contribution < -0.4 is 0 Å². The molecule has 0 aliphatic heterocycles. The zero-order valence-electron chi connectivity index (χ0n) is 7.73. The lowest BCUT2D eigenvalue weighted by Crippen LogP contribution is -2.64. The van der Waals surface area contributed by atoms with Crippen molar-refractivity contribution in [3.05, 3.63) is 0 Å². The molecule has 0 aromatic heterocycles. The van der Waals surface area contributed by atoms with Crippen LogP contribution in [0.2, 0.25) is 0 Å². The van der Waals surface area contributed by atoms with Crippen LogP contribution in [0.4, 0.5) is 35.1 Å². The van der Waals surface area contributed by atoms with Gasteiger partial charge in [-0.1, -0.05) is 0 Å². The van der Waals surface area contributed by atoms with Crippen molar-refractivity contribution in [2.24, 2.45) is 0 Å². The minimum atomic E-state index is -5.80. The zero-order valence-corrected chi connectivity index (χ0v) is 7.73. The van der Waals surface area contributed by atoms with Crippen molar-refractivity contribution in [2.45, 2.75) is 37.3 Å². The van der Waals surface area contributed by atoms with Crippen LogP contribution in [-0.2, 0) is 0 Å². The molecule has 0 saturated carbocycles. The summed E-state index contributed by atoms with van der Waals surface area (Å²) in [6.07, 6.45) is 0. The lowest BCUT2D eigenvalue weighted by atomic mass is 9.89. The van der Waals surface area contributed by atoms with Gasteiger partial charge in [-0.25, -0.2) is 26.3 Å². The van der Waals surface area contributed by atoms with Crippen molar-refractivity contribution in [2.75, 3.05) is 6.67 Å². The zero-order chi connectivity index (χ0) is 12.7. The van der Waals surface area contributed by atoms with Gasteiger partial charge in [-0.2, -0.15) is 8.78 Å². The summed E-state index contributed by atoms with van der Waals surface area (Å²) in [6.45, 7) is -3.75. The fourth-order valence-electron chi connectivity index (χ4n) is 0.825. The molecule has 0 aromatic rings. The molecule has 0 fully saturated rings. The van der Waals surface area contributed by atoms with Crippen LogP contribution in [0.3, 0.4) is 0 Å². The Morgan fingerprint density at radius 1 is 0.733 bits per heavy atom. The Hall–Kier alpha value is -0.560. The van der Waals surface area contributed by atoms with E-state index in [1.165, 1.54) is 0 Å². The van der Waals surface area contributed by atoms with Crippen LogP contribution in [0.5, 0.6) is 0 Å². The predicted octanol–water partition coefficient (Wildman–Crippen LogP) is 3.61. The standard InChI is InChI=1S/C7H8F8/c1-4(9,10)6(13,3-8)7(14,15)5(2,11)12/h3H2,1-2H3. The third-order valence-electron chi connectivity index (χ3n) is 1.93. The molecule has 0 heterocycles. The predicted molar refractivity (Wildman–Crippen MR) is 36.0 cm³/mol. The van der Waals surface area contributed by atoms with E-state index in [4.69, 9.17) is 0 Å². The van der Waals surface area contributed by atoms with Gasteiger partial charge in [-0.05, 0) is 0 Å². The Morgan fingerprint density at radius 2 is 1.07 bits per heavy atom. The summed E-state index contributed by atoms with van der Waals surface area (Å²) in [5.41, 5.74) is -5.22. The third kappa shape index (κ3) is 2.03. The molecule has 0 aromatic carbocycles. The van der Waals surface area contributed by atoms with Crippen LogP contribution in [0.25, 0.3) is 0 Å². The molecule has 15 heavy (non-hydrogen) atoms. The Kier molecular flexibility index (Phi) is 3.35. The molecule has 0 bridgehead atoms. The molecule has 0 rings (SSSR count). The first-order valence-electron chi connectivity index (χ1n) is 3.69. The SMILES string of the molecule is CC(F)(F)C(F)(F)C(F)(CF)C(C)(F)F. The van der Waals surface area contributed by atoms with Gasteiger partial charge in [0.15, 0.2) is 0 Å². The second-order valence-corrected chi connectivity index (χ2v) is 3.29. The molecule has 0 saturated heterocycles. The quantitative estimate of drug-likeness (QED) is 0.662. The first kappa shape index (κ1) is 14.4. The highest BCUT2D eigenvalue weighted by Gasteiger charge is 2.76. The minimum absolute atomic E-state index is 0.383. The van der Waals surface area contributed by atoms with Crippen molar-refractivity contribution in [3.63, 3.8) is 0 Å².